The maximum atomic E-state index is 11.4. The van der Waals surface area contributed by atoms with Crippen molar-refractivity contribution in [2.24, 2.45) is 5.92 Å². The average molecular weight is 631 g/mol. The van der Waals surface area contributed by atoms with Crippen molar-refractivity contribution in [1.29, 1.82) is 0 Å². The summed E-state index contributed by atoms with van der Waals surface area (Å²) in [6, 6.07) is 0. The van der Waals surface area contributed by atoms with Crippen molar-refractivity contribution >= 4 is 11.9 Å². The van der Waals surface area contributed by atoms with Crippen LogP contribution in [-0.4, -0.2) is 11.9 Å². The molecule has 0 aromatic heterocycles. The van der Waals surface area contributed by atoms with E-state index in [-0.39, 0.29) is 24.3 Å². The molecule has 1 fully saturated rings. The Balaban J connectivity index is 1.63. The first-order valence-electron chi connectivity index (χ1n) is 20.6. The zero-order valence-corrected chi connectivity index (χ0v) is 30.4. The molecule has 0 amide bonds. The number of hydrogen-bond acceptors (Lipinski definition) is 3. The molecular formula is C42H78O3. The molecule has 1 aliphatic rings. The number of hydrogen-bond donors (Lipinski definition) is 0. The van der Waals surface area contributed by atoms with Crippen molar-refractivity contribution < 1.29 is 14.3 Å². The SMILES string of the molecule is CCCCCCCCCCCCCCCCCCCCCCCCCCCCCCCCCCCCC=CC1CC(=O)OC1=O. The van der Waals surface area contributed by atoms with E-state index in [9.17, 15) is 9.59 Å². The largest absolute Gasteiger partial charge is 0.393 e. The van der Waals surface area contributed by atoms with Crippen LogP contribution in [-0.2, 0) is 14.3 Å². The van der Waals surface area contributed by atoms with Crippen LogP contribution in [0.2, 0.25) is 0 Å². The molecule has 1 atom stereocenters. The van der Waals surface area contributed by atoms with E-state index >= 15 is 0 Å². The lowest BCUT2D eigenvalue weighted by molar-refractivity contribution is -0.152. The van der Waals surface area contributed by atoms with Gasteiger partial charge in [0.2, 0.25) is 0 Å². The standard InChI is InChI=1S/C42H78O3/c1-2-3-4-5-6-7-8-9-10-11-12-13-14-15-16-17-18-19-20-21-22-23-24-25-26-27-28-29-30-31-32-33-34-35-36-37-38-40-39-41(43)45-42(40)44/h37-38,40H,2-36,39H2,1H3. The monoisotopic (exact) mass is 631 g/mol. The maximum Gasteiger partial charge on any atom is 0.321 e. The zero-order chi connectivity index (χ0) is 32.3. The van der Waals surface area contributed by atoms with Crippen LogP contribution in [0.15, 0.2) is 12.2 Å². The highest BCUT2D eigenvalue weighted by molar-refractivity contribution is 5.95. The van der Waals surface area contributed by atoms with Gasteiger partial charge in [0.15, 0.2) is 0 Å². The first-order chi connectivity index (χ1) is 22.2. The van der Waals surface area contributed by atoms with E-state index in [1.54, 1.807) is 0 Å². The molecule has 0 aromatic rings. The van der Waals surface area contributed by atoms with E-state index in [1.165, 1.54) is 218 Å². The van der Waals surface area contributed by atoms with Crippen LogP contribution >= 0.6 is 0 Å². The molecule has 0 spiro atoms. The van der Waals surface area contributed by atoms with Crippen LogP contribution in [0.5, 0.6) is 0 Å². The Labute approximate surface area is 281 Å². The molecule has 1 unspecified atom stereocenters. The average Bonchev–Trinajstić information content (AvgIpc) is 3.36. The molecule has 45 heavy (non-hydrogen) atoms. The lowest BCUT2D eigenvalue weighted by Gasteiger charge is -2.05. The summed E-state index contributed by atoms with van der Waals surface area (Å²) >= 11 is 0. The highest BCUT2D eigenvalue weighted by Crippen LogP contribution is 2.19. The molecular weight excluding hydrogens is 552 g/mol. The maximum absolute atomic E-state index is 11.4. The van der Waals surface area contributed by atoms with Gasteiger partial charge in [-0.15, -0.1) is 0 Å². The van der Waals surface area contributed by atoms with Crippen LogP contribution in [0.25, 0.3) is 0 Å². The van der Waals surface area contributed by atoms with Crippen molar-refractivity contribution in [3.8, 4) is 0 Å². The van der Waals surface area contributed by atoms with Gasteiger partial charge < -0.3 is 4.74 Å². The van der Waals surface area contributed by atoms with Gasteiger partial charge in [-0.3, -0.25) is 9.59 Å². The predicted octanol–water partition coefficient (Wildman–Crippen LogP) is 14.3. The molecule has 0 bridgehead atoms. The Morgan fingerprint density at radius 2 is 0.711 bits per heavy atom. The quantitative estimate of drug-likeness (QED) is 0.0299. The second-order valence-electron chi connectivity index (χ2n) is 14.5. The number of carbonyl (C=O) groups is 2. The molecule has 1 saturated heterocycles. The highest BCUT2D eigenvalue weighted by Gasteiger charge is 2.30. The van der Waals surface area contributed by atoms with Gasteiger partial charge in [0.05, 0.1) is 12.3 Å². The van der Waals surface area contributed by atoms with Crippen LogP contribution in [0, 0.1) is 5.92 Å². The van der Waals surface area contributed by atoms with Gasteiger partial charge in [-0.1, -0.05) is 231 Å². The molecule has 1 rings (SSSR count). The Morgan fingerprint density at radius 3 is 0.956 bits per heavy atom. The first-order valence-corrected chi connectivity index (χ1v) is 20.6. The lowest BCUT2D eigenvalue weighted by atomic mass is 10.0. The van der Waals surface area contributed by atoms with Crippen molar-refractivity contribution in [2.45, 2.75) is 238 Å². The lowest BCUT2D eigenvalue weighted by Crippen LogP contribution is -2.03. The molecule has 0 N–H and O–H groups in total. The minimum Gasteiger partial charge on any atom is -0.393 e. The van der Waals surface area contributed by atoms with E-state index in [1.807, 2.05) is 12.2 Å². The van der Waals surface area contributed by atoms with Gasteiger partial charge >= 0.3 is 11.9 Å². The molecule has 0 aliphatic carbocycles. The van der Waals surface area contributed by atoms with E-state index in [2.05, 4.69) is 11.7 Å². The fraction of sp³-hybridized carbons (Fsp3) is 0.905. The van der Waals surface area contributed by atoms with Crippen LogP contribution in [0.4, 0.5) is 0 Å². The normalized spacial score (nSPS) is 15.1. The van der Waals surface area contributed by atoms with E-state index in [4.69, 9.17) is 0 Å². The molecule has 1 aliphatic heterocycles. The van der Waals surface area contributed by atoms with Crippen molar-refractivity contribution in [1.82, 2.24) is 0 Å². The molecule has 0 aromatic carbocycles. The summed E-state index contributed by atoms with van der Waals surface area (Å²) in [5.41, 5.74) is 0. The summed E-state index contributed by atoms with van der Waals surface area (Å²) < 4.78 is 4.57. The topological polar surface area (TPSA) is 43.4 Å². The van der Waals surface area contributed by atoms with Gasteiger partial charge in [-0.05, 0) is 12.8 Å². The summed E-state index contributed by atoms with van der Waals surface area (Å²) in [5.74, 6) is -1.11. The molecule has 1 heterocycles. The summed E-state index contributed by atoms with van der Waals surface area (Å²) in [7, 11) is 0. The number of rotatable bonds is 36. The van der Waals surface area contributed by atoms with Gasteiger partial charge in [0, 0.05) is 0 Å². The summed E-state index contributed by atoms with van der Waals surface area (Å²) in [5, 5.41) is 0. The first kappa shape index (κ1) is 41.9. The second kappa shape index (κ2) is 34.2. The van der Waals surface area contributed by atoms with Gasteiger partial charge in [-0.2, -0.15) is 0 Å². The molecule has 0 saturated carbocycles. The van der Waals surface area contributed by atoms with Gasteiger partial charge in [-0.25, -0.2) is 0 Å². The minimum absolute atomic E-state index is 0.217. The predicted molar refractivity (Wildman–Crippen MR) is 196 cm³/mol. The number of allylic oxidation sites excluding steroid dienone is 1. The Morgan fingerprint density at radius 1 is 0.444 bits per heavy atom. The summed E-state index contributed by atoms with van der Waals surface area (Å²) in [6.07, 6.45) is 53.9. The smallest absolute Gasteiger partial charge is 0.321 e. The summed E-state index contributed by atoms with van der Waals surface area (Å²) in [6.45, 7) is 2.30. The van der Waals surface area contributed by atoms with E-state index < -0.39 is 0 Å². The number of carbonyl (C=O) groups excluding carboxylic acids is 2. The zero-order valence-electron chi connectivity index (χ0n) is 30.4. The molecule has 264 valence electrons. The third-order valence-electron chi connectivity index (χ3n) is 10.00. The highest BCUT2D eigenvalue weighted by atomic mass is 16.6. The minimum atomic E-state index is -0.388. The number of cyclic esters (lactones) is 2. The third-order valence-corrected chi connectivity index (χ3v) is 10.00. The molecule has 3 heteroatoms. The number of unbranched alkanes of at least 4 members (excludes halogenated alkanes) is 34. The van der Waals surface area contributed by atoms with Crippen LogP contribution in [0.1, 0.15) is 238 Å². The van der Waals surface area contributed by atoms with E-state index in [0.29, 0.717) is 0 Å². The van der Waals surface area contributed by atoms with Crippen molar-refractivity contribution in [3.05, 3.63) is 12.2 Å². The number of esters is 2. The fourth-order valence-corrected chi connectivity index (χ4v) is 6.89. The second-order valence-corrected chi connectivity index (χ2v) is 14.5. The van der Waals surface area contributed by atoms with Gasteiger partial charge in [0.25, 0.3) is 0 Å². The van der Waals surface area contributed by atoms with Crippen molar-refractivity contribution in [3.63, 3.8) is 0 Å². The van der Waals surface area contributed by atoms with Crippen LogP contribution in [0.3, 0.4) is 0 Å². The molecule has 3 nitrogen and oxygen atoms in total. The van der Waals surface area contributed by atoms with Crippen molar-refractivity contribution in [2.75, 3.05) is 0 Å². The van der Waals surface area contributed by atoms with Gasteiger partial charge in [0.1, 0.15) is 0 Å². The van der Waals surface area contributed by atoms with E-state index in [0.717, 1.165) is 6.42 Å². The third kappa shape index (κ3) is 30.0. The summed E-state index contributed by atoms with van der Waals surface area (Å²) in [4.78, 5) is 22.5. The fourth-order valence-electron chi connectivity index (χ4n) is 6.89. The number of ether oxygens (including phenoxy) is 1. The Bertz CT molecular complexity index is 669. The Hall–Kier alpha value is -1.12. The molecule has 0 radical (unpaired) electrons. The van der Waals surface area contributed by atoms with Crippen LogP contribution < -0.4 is 0 Å². The Kier molecular flexibility index (Phi) is 31.9.